The zero-order valence-corrected chi connectivity index (χ0v) is 9.42. The zero-order valence-electron chi connectivity index (χ0n) is 9.42. The van der Waals surface area contributed by atoms with Crippen LogP contribution in [-0.2, 0) is 4.74 Å². The maximum Gasteiger partial charge on any atom is 0.0604 e. The summed E-state index contributed by atoms with van der Waals surface area (Å²) >= 11 is 0. The molecule has 1 rings (SSSR count). The van der Waals surface area contributed by atoms with Gasteiger partial charge in [0.25, 0.3) is 0 Å². The molecule has 0 aromatic carbocycles. The Labute approximate surface area is 87.0 Å². The van der Waals surface area contributed by atoms with E-state index in [9.17, 15) is 0 Å². The molecule has 0 aromatic heterocycles. The molecule has 0 unspecified atom stereocenters. The van der Waals surface area contributed by atoms with Gasteiger partial charge in [-0.25, -0.2) is 0 Å². The SMILES string of the molecule is CCOCC1(CNC(C)C)C=CC=C1. The summed E-state index contributed by atoms with van der Waals surface area (Å²) in [4.78, 5) is 0. The highest BCUT2D eigenvalue weighted by Gasteiger charge is 2.26. The fourth-order valence-electron chi connectivity index (χ4n) is 1.50. The summed E-state index contributed by atoms with van der Waals surface area (Å²) in [5.74, 6) is 0. The van der Waals surface area contributed by atoms with Crippen LogP contribution in [0.25, 0.3) is 0 Å². The van der Waals surface area contributed by atoms with Gasteiger partial charge in [-0.3, -0.25) is 0 Å². The molecule has 1 aliphatic rings. The number of allylic oxidation sites excluding steroid dienone is 2. The molecule has 80 valence electrons. The topological polar surface area (TPSA) is 21.3 Å². The fraction of sp³-hybridized carbons (Fsp3) is 0.667. The van der Waals surface area contributed by atoms with Crippen molar-refractivity contribution in [2.75, 3.05) is 19.8 Å². The standard InChI is InChI=1S/C12H21NO/c1-4-14-10-12(7-5-6-8-12)9-13-11(2)3/h5-8,11,13H,4,9-10H2,1-3H3. The highest BCUT2D eigenvalue weighted by Crippen LogP contribution is 2.25. The fourth-order valence-corrected chi connectivity index (χ4v) is 1.50. The maximum atomic E-state index is 5.51. The number of hydrogen-bond acceptors (Lipinski definition) is 2. The van der Waals surface area contributed by atoms with Crippen LogP contribution in [0.1, 0.15) is 20.8 Å². The van der Waals surface area contributed by atoms with E-state index in [1.807, 2.05) is 6.92 Å². The van der Waals surface area contributed by atoms with E-state index in [1.165, 1.54) is 0 Å². The summed E-state index contributed by atoms with van der Waals surface area (Å²) < 4.78 is 5.51. The molecular weight excluding hydrogens is 174 g/mol. The van der Waals surface area contributed by atoms with E-state index in [4.69, 9.17) is 4.74 Å². The van der Waals surface area contributed by atoms with Gasteiger partial charge < -0.3 is 10.1 Å². The minimum atomic E-state index is 0.0836. The van der Waals surface area contributed by atoms with Crippen molar-refractivity contribution in [1.82, 2.24) is 5.32 Å². The molecule has 0 aromatic rings. The van der Waals surface area contributed by atoms with Crippen molar-refractivity contribution in [1.29, 1.82) is 0 Å². The molecule has 0 radical (unpaired) electrons. The Kier molecular flexibility index (Phi) is 4.36. The van der Waals surface area contributed by atoms with E-state index < -0.39 is 0 Å². The lowest BCUT2D eigenvalue weighted by Gasteiger charge is -2.26. The molecule has 2 nitrogen and oxygen atoms in total. The van der Waals surface area contributed by atoms with E-state index in [-0.39, 0.29) is 5.41 Å². The van der Waals surface area contributed by atoms with E-state index in [0.717, 1.165) is 19.8 Å². The lowest BCUT2D eigenvalue weighted by molar-refractivity contribution is 0.0973. The third-order valence-corrected chi connectivity index (χ3v) is 2.38. The molecule has 0 fully saturated rings. The molecule has 0 aliphatic heterocycles. The average Bonchev–Trinajstić information content (AvgIpc) is 2.61. The summed E-state index contributed by atoms with van der Waals surface area (Å²) in [7, 11) is 0. The van der Waals surface area contributed by atoms with Crippen molar-refractivity contribution >= 4 is 0 Å². The van der Waals surface area contributed by atoms with Crippen LogP contribution in [0.15, 0.2) is 24.3 Å². The van der Waals surface area contributed by atoms with Gasteiger partial charge in [0.15, 0.2) is 0 Å². The van der Waals surface area contributed by atoms with Gasteiger partial charge in [-0.15, -0.1) is 0 Å². The first kappa shape index (κ1) is 11.5. The van der Waals surface area contributed by atoms with Crippen molar-refractivity contribution in [3.05, 3.63) is 24.3 Å². The molecule has 0 bridgehead atoms. The molecule has 0 saturated carbocycles. The Hall–Kier alpha value is -0.600. The number of ether oxygens (including phenoxy) is 1. The largest absolute Gasteiger partial charge is 0.380 e. The first-order chi connectivity index (χ1) is 6.68. The Morgan fingerprint density at radius 2 is 1.93 bits per heavy atom. The van der Waals surface area contributed by atoms with Crippen molar-refractivity contribution in [3.8, 4) is 0 Å². The molecule has 0 amide bonds. The molecule has 1 aliphatic carbocycles. The maximum absolute atomic E-state index is 5.51. The van der Waals surface area contributed by atoms with Gasteiger partial charge in [-0.05, 0) is 6.92 Å². The van der Waals surface area contributed by atoms with E-state index in [1.54, 1.807) is 0 Å². The van der Waals surface area contributed by atoms with Gasteiger partial charge >= 0.3 is 0 Å². The summed E-state index contributed by atoms with van der Waals surface area (Å²) in [5, 5.41) is 3.45. The van der Waals surface area contributed by atoms with Crippen LogP contribution in [-0.4, -0.2) is 25.8 Å². The van der Waals surface area contributed by atoms with Crippen LogP contribution in [0.5, 0.6) is 0 Å². The molecule has 1 N–H and O–H groups in total. The van der Waals surface area contributed by atoms with Crippen LogP contribution in [0.4, 0.5) is 0 Å². The van der Waals surface area contributed by atoms with Crippen molar-refractivity contribution in [2.45, 2.75) is 26.8 Å². The van der Waals surface area contributed by atoms with Crippen LogP contribution in [0.3, 0.4) is 0 Å². The van der Waals surface area contributed by atoms with Crippen molar-refractivity contribution in [3.63, 3.8) is 0 Å². The van der Waals surface area contributed by atoms with Crippen molar-refractivity contribution < 1.29 is 4.74 Å². The monoisotopic (exact) mass is 195 g/mol. The van der Waals surface area contributed by atoms with E-state index in [0.29, 0.717) is 6.04 Å². The van der Waals surface area contributed by atoms with E-state index >= 15 is 0 Å². The third kappa shape index (κ3) is 3.28. The van der Waals surface area contributed by atoms with Gasteiger partial charge in [0.1, 0.15) is 0 Å². The molecule has 0 saturated heterocycles. The van der Waals surface area contributed by atoms with E-state index in [2.05, 4.69) is 43.5 Å². The molecular formula is C12H21NO. The third-order valence-electron chi connectivity index (χ3n) is 2.38. The van der Waals surface area contributed by atoms with Crippen LogP contribution < -0.4 is 5.32 Å². The van der Waals surface area contributed by atoms with Crippen LogP contribution >= 0.6 is 0 Å². The Morgan fingerprint density at radius 3 is 2.43 bits per heavy atom. The minimum Gasteiger partial charge on any atom is -0.380 e. The molecule has 0 atom stereocenters. The predicted octanol–water partition coefficient (Wildman–Crippen LogP) is 2.13. The highest BCUT2D eigenvalue weighted by atomic mass is 16.5. The molecule has 2 heteroatoms. The molecule has 0 heterocycles. The van der Waals surface area contributed by atoms with Gasteiger partial charge in [0.2, 0.25) is 0 Å². The minimum absolute atomic E-state index is 0.0836. The Bertz CT molecular complexity index is 206. The number of nitrogens with one attached hydrogen (secondary N) is 1. The number of rotatable bonds is 6. The lowest BCUT2D eigenvalue weighted by atomic mass is 9.91. The van der Waals surface area contributed by atoms with Gasteiger partial charge in [0.05, 0.1) is 6.61 Å². The van der Waals surface area contributed by atoms with Crippen LogP contribution in [0, 0.1) is 5.41 Å². The normalized spacial score (nSPS) is 18.3. The predicted molar refractivity (Wildman–Crippen MR) is 60.3 cm³/mol. The second-order valence-corrected chi connectivity index (χ2v) is 4.12. The number of hydrogen-bond donors (Lipinski definition) is 1. The smallest absolute Gasteiger partial charge is 0.0604 e. The first-order valence-electron chi connectivity index (χ1n) is 5.37. The Morgan fingerprint density at radius 1 is 1.29 bits per heavy atom. The van der Waals surface area contributed by atoms with Gasteiger partial charge in [-0.1, -0.05) is 38.2 Å². The van der Waals surface area contributed by atoms with Crippen molar-refractivity contribution in [2.24, 2.45) is 5.41 Å². The van der Waals surface area contributed by atoms with Gasteiger partial charge in [0, 0.05) is 24.6 Å². The lowest BCUT2D eigenvalue weighted by Crippen LogP contribution is -2.37. The van der Waals surface area contributed by atoms with Crippen LogP contribution in [0.2, 0.25) is 0 Å². The summed E-state index contributed by atoms with van der Waals surface area (Å²) in [6, 6.07) is 0.524. The first-order valence-corrected chi connectivity index (χ1v) is 5.37. The van der Waals surface area contributed by atoms with Gasteiger partial charge in [-0.2, -0.15) is 0 Å². The summed E-state index contributed by atoms with van der Waals surface area (Å²) in [6.45, 7) is 8.87. The summed E-state index contributed by atoms with van der Waals surface area (Å²) in [6.07, 6.45) is 8.64. The molecule has 14 heavy (non-hydrogen) atoms. The highest BCUT2D eigenvalue weighted by molar-refractivity contribution is 5.25. The second-order valence-electron chi connectivity index (χ2n) is 4.12. The molecule has 0 spiro atoms. The Balaban J connectivity index is 2.46. The zero-order chi connectivity index (χ0) is 10.4. The average molecular weight is 195 g/mol. The quantitative estimate of drug-likeness (QED) is 0.701. The summed E-state index contributed by atoms with van der Waals surface area (Å²) in [5.41, 5.74) is 0.0836. The second kappa shape index (κ2) is 5.32.